The molecule has 1 heterocycles. The molecule has 0 aliphatic carbocycles. The molecule has 0 fully saturated rings. The van der Waals surface area contributed by atoms with Crippen molar-refractivity contribution in [3.8, 4) is 6.07 Å². The van der Waals surface area contributed by atoms with Crippen LogP contribution in [0, 0.1) is 11.3 Å². The fourth-order valence-electron chi connectivity index (χ4n) is 1.26. The summed E-state index contributed by atoms with van der Waals surface area (Å²) in [5.74, 6) is -0.452. The Kier molecular flexibility index (Phi) is 4.07. The molecule has 0 amide bonds. The van der Waals surface area contributed by atoms with E-state index >= 15 is 0 Å². The standard InChI is InChI=1S/C10H12BrN3O2/c1-3-16-9(15)10(2,5-6-12)14-7-4-8(11)13-14/h4,7H,3,5H2,1-2H3. The topological polar surface area (TPSA) is 67.9 Å². The molecule has 1 atom stereocenters. The van der Waals surface area contributed by atoms with Gasteiger partial charge in [-0.05, 0) is 35.8 Å². The summed E-state index contributed by atoms with van der Waals surface area (Å²) in [7, 11) is 0. The Hall–Kier alpha value is -1.35. The Bertz CT molecular complexity index is 424. The van der Waals surface area contributed by atoms with E-state index in [0.29, 0.717) is 4.60 Å². The van der Waals surface area contributed by atoms with Crippen molar-refractivity contribution in [2.75, 3.05) is 6.61 Å². The molecule has 1 rings (SSSR count). The summed E-state index contributed by atoms with van der Waals surface area (Å²) in [6.07, 6.45) is 1.65. The zero-order valence-corrected chi connectivity index (χ0v) is 10.7. The van der Waals surface area contributed by atoms with E-state index in [1.54, 1.807) is 26.1 Å². The Morgan fingerprint density at radius 3 is 2.94 bits per heavy atom. The second-order valence-corrected chi connectivity index (χ2v) is 4.22. The molecular formula is C10H12BrN3O2. The fraction of sp³-hybridized carbons (Fsp3) is 0.500. The minimum Gasteiger partial charge on any atom is -0.464 e. The van der Waals surface area contributed by atoms with E-state index in [0.717, 1.165) is 0 Å². The Morgan fingerprint density at radius 2 is 2.50 bits per heavy atom. The van der Waals surface area contributed by atoms with Crippen LogP contribution in [0.25, 0.3) is 0 Å². The smallest absolute Gasteiger partial charge is 0.334 e. The number of esters is 1. The first-order valence-corrected chi connectivity index (χ1v) is 5.59. The number of hydrogen-bond acceptors (Lipinski definition) is 4. The summed E-state index contributed by atoms with van der Waals surface area (Å²) in [5, 5.41) is 12.9. The first-order chi connectivity index (χ1) is 7.54. The van der Waals surface area contributed by atoms with Gasteiger partial charge in [-0.1, -0.05) is 0 Å². The Morgan fingerprint density at radius 1 is 1.81 bits per heavy atom. The van der Waals surface area contributed by atoms with Crippen LogP contribution in [0.4, 0.5) is 0 Å². The molecule has 5 nitrogen and oxygen atoms in total. The third-order valence-electron chi connectivity index (χ3n) is 2.20. The second kappa shape index (κ2) is 5.12. The van der Waals surface area contributed by atoms with E-state index in [2.05, 4.69) is 21.0 Å². The van der Waals surface area contributed by atoms with Crippen molar-refractivity contribution in [3.63, 3.8) is 0 Å². The highest BCUT2D eigenvalue weighted by Gasteiger charge is 2.37. The van der Waals surface area contributed by atoms with Gasteiger partial charge in [-0.15, -0.1) is 0 Å². The number of nitrogens with zero attached hydrogens (tertiary/aromatic N) is 3. The lowest BCUT2D eigenvalue weighted by molar-refractivity contribution is -0.153. The third kappa shape index (κ3) is 2.42. The monoisotopic (exact) mass is 285 g/mol. The molecule has 0 aliphatic heterocycles. The van der Waals surface area contributed by atoms with Gasteiger partial charge in [-0.25, -0.2) is 4.79 Å². The van der Waals surface area contributed by atoms with Crippen molar-refractivity contribution in [1.82, 2.24) is 9.78 Å². The third-order valence-corrected chi connectivity index (χ3v) is 2.62. The number of hydrogen-bond donors (Lipinski definition) is 0. The maximum atomic E-state index is 11.8. The lowest BCUT2D eigenvalue weighted by Gasteiger charge is -2.24. The Balaban J connectivity index is 3.06. The quantitative estimate of drug-likeness (QED) is 0.792. The summed E-state index contributed by atoms with van der Waals surface area (Å²) < 4.78 is 7.01. The largest absolute Gasteiger partial charge is 0.464 e. The maximum absolute atomic E-state index is 11.8. The maximum Gasteiger partial charge on any atom is 0.334 e. The number of ether oxygens (including phenoxy) is 1. The highest BCUT2D eigenvalue weighted by molar-refractivity contribution is 9.10. The number of halogens is 1. The molecule has 0 radical (unpaired) electrons. The van der Waals surface area contributed by atoms with Gasteiger partial charge in [0.2, 0.25) is 0 Å². The minimum absolute atomic E-state index is 0.0138. The van der Waals surface area contributed by atoms with Crippen molar-refractivity contribution >= 4 is 21.9 Å². The van der Waals surface area contributed by atoms with Gasteiger partial charge in [-0.2, -0.15) is 10.4 Å². The van der Waals surface area contributed by atoms with Crippen molar-refractivity contribution in [2.24, 2.45) is 0 Å². The normalized spacial score (nSPS) is 13.9. The Labute approximate surface area is 102 Å². The summed E-state index contributed by atoms with van der Waals surface area (Å²) in [5.41, 5.74) is -1.07. The van der Waals surface area contributed by atoms with Gasteiger partial charge in [-0.3, -0.25) is 4.68 Å². The van der Waals surface area contributed by atoms with E-state index in [9.17, 15) is 4.79 Å². The summed E-state index contributed by atoms with van der Waals surface area (Å²) in [6.45, 7) is 3.64. The van der Waals surface area contributed by atoms with Crippen LogP contribution in [0.1, 0.15) is 20.3 Å². The number of nitriles is 1. The molecule has 0 saturated carbocycles. The average molecular weight is 286 g/mol. The highest BCUT2D eigenvalue weighted by atomic mass is 79.9. The van der Waals surface area contributed by atoms with E-state index in [1.165, 1.54) is 4.68 Å². The van der Waals surface area contributed by atoms with Crippen LogP contribution in [-0.4, -0.2) is 22.4 Å². The molecule has 0 spiro atoms. The zero-order valence-electron chi connectivity index (χ0n) is 9.11. The summed E-state index contributed by atoms with van der Waals surface area (Å²) >= 11 is 3.20. The van der Waals surface area contributed by atoms with Crippen molar-refractivity contribution in [3.05, 3.63) is 16.9 Å². The van der Waals surface area contributed by atoms with Gasteiger partial charge in [0, 0.05) is 6.20 Å². The SMILES string of the molecule is CCOC(=O)C(C)(CC#N)n1ccc(Br)n1. The number of aromatic nitrogens is 2. The molecular weight excluding hydrogens is 274 g/mol. The molecule has 0 saturated heterocycles. The van der Waals surface area contributed by atoms with Gasteiger partial charge in [0.05, 0.1) is 19.1 Å². The number of carbonyl (C=O) groups is 1. The molecule has 0 bridgehead atoms. The van der Waals surface area contributed by atoms with Crippen LogP contribution in [0.5, 0.6) is 0 Å². The van der Waals surface area contributed by atoms with E-state index in [1.807, 2.05) is 6.07 Å². The molecule has 1 unspecified atom stereocenters. The predicted octanol–water partition coefficient (Wildman–Crippen LogP) is 1.84. The average Bonchev–Trinajstić information content (AvgIpc) is 2.66. The molecule has 0 N–H and O–H groups in total. The van der Waals surface area contributed by atoms with Crippen LogP contribution in [0.2, 0.25) is 0 Å². The molecule has 0 aliphatic rings. The summed E-state index contributed by atoms with van der Waals surface area (Å²) in [6, 6.07) is 3.68. The van der Waals surface area contributed by atoms with Crippen LogP contribution < -0.4 is 0 Å². The van der Waals surface area contributed by atoms with Crippen molar-refractivity contribution < 1.29 is 9.53 Å². The fourth-order valence-corrected chi connectivity index (χ4v) is 1.55. The van der Waals surface area contributed by atoms with Crippen LogP contribution in [0.15, 0.2) is 16.9 Å². The lowest BCUT2D eigenvalue weighted by Crippen LogP contribution is -2.40. The first kappa shape index (κ1) is 12.7. The van der Waals surface area contributed by atoms with Crippen LogP contribution in [0.3, 0.4) is 0 Å². The van der Waals surface area contributed by atoms with Gasteiger partial charge in [0.1, 0.15) is 4.60 Å². The summed E-state index contributed by atoms with van der Waals surface area (Å²) in [4.78, 5) is 11.8. The van der Waals surface area contributed by atoms with E-state index in [-0.39, 0.29) is 13.0 Å². The van der Waals surface area contributed by atoms with E-state index < -0.39 is 11.5 Å². The molecule has 1 aromatic heterocycles. The molecule has 1 aromatic rings. The molecule has 16 heavy (non-hydrogen) atoms. The van der Waals surface area contributed by atoms with Crippen molar-refractivity contribution in [2.45, 2.75) is 25.8 Å². The molecule has 6 heteroatoms. The second-order valence-electron chi connectivity index (χ2n) is 3.41. The van der Waals surface area contributed by atoms with Gasteiger partial charge in [0.15, 0.2) is 5.54 Å². The predicted molar refractivity (Wildman–Crippen MR) is 60.4 cm³/mol. The minimum atomic E-state index is -1.07. The number of rotatable bonds is 4. The van der Waals surface area contributed by atoms with E-state index in [4.69, 9.17) is 10.00 Å². The van der Waals surface area contributed by atoms with Crippen molar-refractivity contribution in [1.29, 1.82) is 5.26 Å². The molecule has 0 aromatic carbocycles. The first-order valence-electron chi connectivity index (χ1n) is 4.80. The number of carbonyl (C=O) groups excluding carboxylic acids is 1. The van der Waals surface area contributed by atoms with Crippen LogP contribution >= 0.6 is 15.9 Å². The van der Waals surface area contributed by atoms with Crippen LogP contribution in [-0.2, 0) is 15.1 Å². The lowest BCUT2D eigenvalue weighted by atomic mass is 9.99. The zero-order chi connectivity index (χ0) is 12.2. The molecule has 86 valence electrons. The van der Waals surface area contributed by atoms with Gasteiger partial charge in [0.25, 0.3) is 0 Å². The van der Waals surface area contributed by atoms with Gasteiger partial charge < -0.3 is 4.74 Å². The van der Waals surface area contributed by atoms with Gasteiger partial charge >= 0.3 is 5.97 Å². The highest BCUT2D eigenvalue weighted by Crippen LogP contribution is 2.22.